The molecular formula is C26H32ClN5O3S. The average molecular weight is 530 g/mol. The van der Waals surface area contributed by atoms with Gasteiger partial charge in [-0.05, 0) is 37.3 Å². The molecule has 2 aromatic carbocycles. The van der Waals surface area contributed by atoms with Crippen LogP contribution in [0.1, 0.15) is 31.9 Å². The van der Waals surface area contributed by atoms with Crippen LogP contribution in [0.2, 0.25) is 5.02 Å². The molecule has 1 amide bonds. The van der Waals surface area contributed by atoms with Gasteiger partial charge in [-0.1, -0.05) is 55.8 Å². The van der Waals surface area contributed by atoms with Gasteiger partial charge in [0.05, 0.1) is 18.0 Å². The van der Waals surface area contributed by atoms with Gasteiger partial charge in [0.1, 0.15) is 6.54 Å². The molecule has 0 fully saturated rings. The smallest absolute Gasteiger partial charge is 0.325 e. The van der Waals surface area contributed by atoms with Crippen LogP contribution >= 0.6 is 23.8 Å². The minimum Gasteiger partial charge on any atom is -0.465 e. The summed E-state index contributed by atoms with van der Waals surface area (Å²) in [6, 6.07) is 15.2. The van der Waals surface area contributed by atoms with Gasteiger partial charge < -0.3 is 25.2 Å². The first-order chi connectivity index (χ1) is 17.2. The minimum absolute atomic E-state index is 0.0404. The van der Waals surface area contributed by atoms with E-state index in [1.165, 1.54) is 0 Å². The maximum absolute atomic E-state index is 13.5. The predicted molar refractivity (Wildman–Crippen MR) is 148 cm³/mol. The summed E-state index contributed by atoms with van der Waals surface area (Å²) in [6.07, 6.45) is -1.01. The van der Waals surface area contributed by atoms with Crippen LogP contribution in [0.4, 0.5) is 5.69 Å². The Labute approximate surface area is 222 Å². The fraction of sp³-hybridized carbons (Fsp3) is 0.385. The lowest BCUT2D eigenvalue weighted by molar-refractivity contribution is -0.143. The molecule has 1 atom stereocenters. The number of carbonyl (C=O) groups is 2. The second-order valence-electron chi connectivity index (χ2n) is 8.59. The summed E-state index contributed by atoms with van der Waals surface area (Å²) in [5, 5.41) is 7.18. The molecule has 0 radical (unpaired) electrons. The van der Waals surface area contributed by atoms with E-state index in [0.717, 1.165) is 11.1 Å². The third-order valence-corrected chi connectivity index (χ3v) is 6.16. The standard InChI is InChI=1S/C26H32ClN5O3S/c1-5-35-22(33)16-32(14-13-28-17(2)3)26(36)30-24-25(34)31(4)21-12-11-19(27)15-20(21)23(29-24)18-9-7-6-8-10-18/h6-12,15,17,24,28H,5,13-14,16H2,1-4H3,(H,30,36). The van der Waals surface area contributed by atoms with Gasteiger partial charge in [-0.2, -0.15) is 0 Å². The van der Waals surface area contributed by atoms with Gasteiger partial charge in [0.25, 0.3) is 5.91 Å². The molecule has 36 heavy (non-hydrogen) atoms. The number of nitrogens with one attached hydrogen (secondary N) is 2. The summed E-state index contributed by atoms with van der Waals surface area (Å²) in [5.41, 5.74) is 2.88. The number of nitrogens with zero attached hydrogens (tertiary/aromatic N) is 3. The number of hydrogen-bond acceptors (Lipinski definition) is 6. The normalized spacial score (nSPS) is 15.2. The molecule has 3 rings (SSSR count). The van der Waals surface area contributed by atoms with Crippen LogP contribution in [-0.2, 0) is 14.3 Å². The van der Waals surface area contributed by atoms with E-state index >= 15 is 0 Å². The number of benzodiazepines with no additional fused rings is 1. The van der Waals surface area contributed by atoms with Crippen LogP contribution in [0.25, 0.3) is 0 Å². The Morgan fingerprint density at radius 3 is 2.64 bits per heavy atom. The van der Waals surface area contributed by atoms with Crippen molar-refractivity contribution in [1.29, 1.82) is 0 Å². The third-order valence-electron chi connectivity index (χ3n) is 5.55. The molecular weight excluding hydrogens is 498 g/mol. The van der Waals surface area contributed by atoms with E-state index in [9.17, 15) is 9.59 Å². The molecule has 0 bridgehead atoms. The monoisotopic (exact) mass is 529 g/mol. The van der Waals surface area contributed by atoms with Gasteiger partial charge in [0, 0.05) is 42.3 Å². The van der Waals surface area contributed by atoms with Crippen LogP contribution in [0, 0.1) is 0 Å². The highest BCUT2D eigenvalue weighted by Gasteiger charge is 2.31. The van der Waals surface area contributed by atoms with Gasteiger partial charge in [-0.15, -0.1) is 0 Å². The molecule has 0 saturated carbocycles. The second kappa shape index (κ2) is 12.8. The van der Waals surface area contributed by atoms with Crippen molar-refractivity contribution in [1.82, 2.24) is 15.5 Å². The maximum atomic E-state index is 13.5. The van der Waals surface area contributed by atoms with Crippen molar-refractivity contribution >= 4 is 52.2 Å². The first-order valence-corrected chi connectivity index (χ1v) is 12.6. The number of esters is 1. The number of halogens is 1. The minimum atomic E-state index is -1.01. The molecule has 1 heterocycles. The van der Waals surface area contributed by atoms with Crippen LogP contribution in [0.3, 0.4) is 0 Å². The van der Waals surface area contributed by atoms with Gasteiger partial charge in [-0.3, -0.25) is 9.59 Å². The molecule has 1 unspecified atom stereocenters. The lowest BCUT2D eigenvalue weighted by Gasteiger charge is -2.28. The van der Waals surface area contributed by atoms with Crippen LogP contribution < -0.4 is 15.5 Å². The highest BCUT2D eigenvalue weighted by molar-refractivity contribution is 7.80. The van der Waals surface area contributed by atoms with E-state index in [1.807, 2.05) is 44.2 Å². The van der Waals surface area contributed by atoms with Gasteiger partial charge in [0.2, 0.25) is 6.17 Å². The van der Waals surface area contributed by atoms with Gasteiger partial charge >= 0.3 is 5.97 Å². The Hall–Kier alpha value is -3.01. The zero-order chi connectivity index (χ0) is 26.2. The van der Waals surface area contributed by atoms with Crippen molar-refractivity contribution in [2.45, 2.75) is 33.0 Å². The Morgan fingerprint density at radius 1 is 1.25 bits per heavy atom. The fourth-order valence-electron chi connectivity index (χ4n) is 3.78. The average Bonchev–Trinajstić information content (AvgIpc) is 2.94. The number of aliphatic imine (C=N–C) groups is 1. The zero-order valence-corrected chi connectivity index (χ0v) is 22.5. The molecule has 10 heteroatoms. The summed E-state index contributed by atoms with van der Waals surface area (Å²) in [5.74, 6) is -0.686. The predicted octanol–water partition coefficient (Wildman–Crippen LogP) is 3.22. The van der Waals surface area contributed by atoms with Crippen molar-refractivity contribution in [2.75, 3.05) is 38.2 Å². The maximum Gasteiger partial charge on any atom is 0.325 e. The van der Waals surface area contributed by atoms with Crippen LogP contribution in [0.5, 0.6) is 0 Å². The molecule has 1 aliphatic heterocycles. The first-order valence-electron chi connectivity index (χ1n) is 11.9. The number of rotatable bonds is 9. The number of thiocarbonyl (C=S) groups is 1. The summed E-state index contributed by atoms with van der Waals surface area (Å²) < 4.78 is 5.12. The molecule has 0 aromatic heterocycles. The molecule has 192 valence electrons. The molecule has 2 N–H and O–H groups in total. The summed E-state index contributed by atoms with van der Waals surface area (Å²) in [6.45, 7) is 7.11. The number of likely N-dealkylation sites (N-methyl/N-ethyl adjacent to an activating group) is 1. The molecule has 2 aromatic rings. The van der Waals surface area contributed by atoms with Crippen molar-refractivity contribution in [3.8, 4) is 0 Å². The molecule has 0 spiro atoms. The Morgan fingerprint density at radius 2 is 1.97 bits per heavy atom. The lowest BCUT2D eigenvalue weighted by atomic mass is 10.0. The Bertz CT molecular complexity index is 1130. The number of fused-ring (bicyclic) bond motifs is 1. The number of amides is 1. The molecule has 0 saturated heterocycles. The van der Waals surface area contributed by atoms with Crippen molar-refractivity contribution in [3.63, 3.8) is 0 Å². The topological polar surface area (TPSA) is 86.3 Å². The zero-order valence-electron chi connectivity index (χ0n) is 21.0. The number of benzene rings is 2. The van der Waals surface area contributed by atoms with E-state index in [4.69, 9.17) is 33.5 Å². The van der Waals surface area contributed by atoms with E-state index in [-0.39, 0.29) is 30.2 Å². The van der Waals surface area contributed by atoms with Gasteiger partial charge in [-0.25, -0.2) is 4.99 Å². The second-order valence-corrected chi connectivity index (χ2v) is 9.41. The van der Waals surface area contributed by atoms with Crippen molar-refractivity contribution in [2.24, 2.45) is 4.99 Å². The van der Waals surface area contributed by atoms with Crippen LogP contribution in [-0.4, -0.2) is 73.1 Å². The van der Waals surface area contributed by atoms with E-state index in [0.29, 0.717) is 29.5 Å². The number of anilines is 1. The third kappa shape index (κ3) is 7.02. The van der Waals surface area contributed by atoms with E-state index in [2.05, 4.69) is 10.6 Å². The van der Waals surface area contributed by atoms with E-state index < -0.39 is 12.1 Å². The molecule has 0 aliphatic carbocycles. The summed E-state index contributed by atoms with van der Waals surface area (Å²) in [4.78, 5) is 33.8. The number of carbonyl (C=O) groups excluding carboxylic acids is 2. The van der Waals surface area contributed by atoms with Gasteiger partial charge in [0.15, 0.2) is 5.11 Å². The Balaban J connectivity index is 1.94. The lowest BCUT2D eigenvalue weighted by Crippen LogP contribution is -2.52. The molecule has 8 nitrogen and oxygen atoms in total. The largest absolute Gasteiger partial charge is 0.465 e. The number of hydrogen-bond donors (Lipinski definition) is 2. The first kappa shape index (κ1) is 27.6. The fourth-order valence-corrected chi connectivity index (χ4v) is 4.22. The Kier molecular flexibility index (Phi) is 9.81. The quantitative estimate of drug-likeness (QED) is 0.381. The van der Waals surface area contributed by atoms with Crippen LogP contribution in [0.15, 0.2) is 53.5 Å². The highest BCUT2D eigenvalue weighted by Crippen LogP contribution is 2.29. The number of ether oxygens (including phenoxy) is 1. The SMILES string of the molecule is CCOC(=O)CN(CCNC(C)C)C(=S)NC1N=C(c2ccccc2)c2cc(Cl)ccc2N(C)C1=O. The summed E-state index contributed by atoms with van der Waals surface area (Å²) >= 11 is 12.0. The molecule has 1 aliphatic rings. The van der Waals surface area contributed by atoms with Crippen molar-refractivity contribution in [3.05, 3.63) is 64.7 Å². The van der Waals surface area contributed by atoms with Crippen molar-refractivity contribution < 1.29 is 14.3 Å². The van der Waals surface area contributed by atoms with E-state index in [1.54, 1.807) is 42.0 Å². The highest BCUT2D eigenvalue weighted by atomic mass is 35.5. The summed E-state index contributed by atoms with van der Waals surface area (Å²) in [7, 11) is 1.69.